The standard InChI is InChI=1S/C42H34N4O7/c1-26(47)29-21-30(23-35(48)22-29)42(51)45-32-14-18-37(19-15-32)53-39-11-5-9-34(25-39)46-41(50)28-7-3-6-27(20-28)40(49)44-31-12-16-36(17-13-31)52-38-10-4-8-33(24-38)43-2/h3-25,43,48H,1-2H3,(H,44,49)(H,45,51)(H,46,50). The van der Waals surface area contributed by atoms with Gasteiger partial charge in [0.2, 0.25) is 0 Å². The third-order valence-corrected chi connectivity index (χ3v) is 7.88. The second-order valence-corrected chi connectivity index (χ2v) is 11.8. The van der Waals surface area contributed by atoms with Gasteiger partial charge in [-0.3, -0.25) is 19.2 Å². The predicted octanol–water partition coefficient (Wildman–Crippen LogP) is 8.98. The Morgan fingerprint density at radius 3 is 1.42 bits per heavy atom. The van der Waals surface area contributed by atoms with Gasteiger partial charge in [-0.2, -0.15) is 0 Å². The molecule has 6 rings (SSSR count). The smallest absolute Gasteiger partial charge is 0.255 e. The molecule has 6 aromatic rings. The Kier molecular flexibility index (Phi) is 10.8. The lowest BCUT2D eigenvalue weighted by molar-refractivity contribution is 0.100. The summed E-state index contributed by atoms with van der Waals surface area (Å²) in [6, 6.07) is 38.4. The van der Waals surface area contributed by atoms with Gasteiger partial charge in [0.25, 0.3) is 17.7 Å². The average Bonchev–Trinajstić information content (AvgIpc) is 3.16. The van der Waals surface area contributed by atoms with Gasteiger partial charge in [-0.05, 0) is 116 Å². The van der Waals surface area contributed by atoms with Crippen molar-refractivity contribution >= 4 is 46.3 Å². The van der Waals surface area contributed by atoms with Crippen LogP contribution in [0.15, 0.2) is 140 Å². The summed E-state index contributed by atoms with van der Waals surface area (Å²) in [5, 5.41) is 21.4. The van der Waals surface area contributed by atoms with Crippen LogP contribution in [0.25, 0.3) is 0 Å². The van der Waals surface area contributed by atoms with Crippen molar-refractivity contribution in [2.24, 2.45) is 0 Å². The molecule has 11 nitrogen and oxygen atoms in total. The molecule has 0 saturated heterocycles. The minimum atomic E-state index is -0.490. The molecule has 0 aliphatic rings. The summed E-state index contributed by atoms with van der Waals surface area (Å²) < 4.78 is 11.9. The van der Waals surface area contributed by atoms with E-state index in [1.807, 2.05) is 31.3 Å². The van der Waals surface area contributed by atoms with Gasteiger partial charge in [-0.25, -0.2) is 0 Å². The lowest BCUT2D eigenvalue weighted by Crippen LogP contribution is -2.15. The minimum absolute atomic E-state index is 0.143. The van der Waals surface area contributed by atoms with Crippen molar-refractivity contribution in [1.29, 1.82) is 0 Å². The number of anilines is 4. The third-order valence-electron chi connectivity index (χ3n) is 7.88. The lowest BCUT2D eigenvalue weighted by Gasteiger charge is -2.11. The molecule has 11 heteroatoms. The lowest BCUT2D eigenvalue weighted by atomic mass is 10.1. The van der Waals surface area contributed by atoms with Crippen LogP contribution in [0.1, 0.15) is 48.4 Å². The van der Waals surface area contributed by atoms with Crippen LogP contribution in [0.5, 0.6) is 28.7 Å². The number of ketones is 1. The molecule has 0 heterocycles. The van der Waals surface area contributed by atoms with E-state index in [1.54, 1.807) is 91.0 Å². The van der Waals surface area contributed by atoms with Crippen molar-refractivity contribution in [3.63, 3.8) is 0 Å². The molecule has 0 bridgehead atoms. The van der Waals surface area contributed by atoms with Crippen LogP contribution >= 0.6 is 0 Å². The van der Waals surface area contributed by atoms with E-state index < -0.39 is 11.8 Å². The van der Waals surface area contributed by atoms with E-state index in [4.69, 9.17) is 9.47 Å². The van der Waals surface area contributed by atoms with Gasteiger partial charge < -0.3 is 35.8 Å². The number of amides is 3. The number of aromatic hydroxyl groups is 1. The van der Waals surface area contributed by atoms with E-state index in [1.165, 1.54) is 31.2 Å². The number of hydrogen-bond donors (Lipinski definition) is 5. The highest BCUT2D eigenvalue weighted by atomic mass is 16.5. The van der Waals surface area contributed by atoms with Crippen molar-refractivity contribution in [2.45, 2.75) is 6.92 Å². The number of carbonyl (C=O) groups is 4. The number of phenolic OH excluding ortho intramolecular Hbond substituents is 1. The van der Waals surface area contributed by atoms with Gasteiger partial charge in [0.05, 0.1) is 0 Å². The summed E-state index contributed by atoms with van der Waals surface area (Å²) in [6.07, 6.45) is 0. The fraction of sp³-hybridized carbons (Fsp3) is 0.0476. The number of phenols is 1. The van der Waals surface area contributed by atoms with Gasteiger partial charge >= 0.3 is 0 Å². The van der Waals surface area contributed by atoms with Crippen molar-refractivity contribution in [3.8, 4) is 28.7 Å². The van der Waals surface area contributed by atoms with Crippen molar-refractivity contribution in [3.05, 3.63) is 162 Å². The van der Waals surface area contributed by atoms with E-state index >= 15 is 0 Å². The molecule has 0 atom stereocenters. The van der Waals surface area contributed by atoms with Gasteiger partial charge in [0, 0.05) is 64.2 Å². The average molecular weight is 707 g/mol. The van der Waals surface area contributed by atoms with Crippen molar-refractivity contribution in [1.82, 2.24) is 0 Å². The Morgan fingerprint density at radius 1 is 0.453 bits per heavy atom. The summed E-state index contributed by atoms with van der Waals surface area (Å²) in [5.74, 6) is 0.482. The SMILES string of the molecule is CNc1cccc(Oc2ccc(NC(=O)c3cccc(C(=O)Nc4cccc(Oc5ccc(NC(=O)c6cc(O)cc(C(C)=O)c6)cc5)c4)c3)cc2)c1. The zero-order valence-corrected chi connectivity index (χ0v) is 28.7. The Labute approximate surface area is 305 Å². The molecule has 0 aliphatic carbocycles. The Morgan fingerprint density at radius 2 is 0.887 bits per heavy atom. The predicted molar refractivity (Wildman–Crippen MR) is 204 cm³/mol. The summed E-state index contributed by atoms with van der Waals surface area (Å²) in [4.78, 5) is 50.7. The van der Waals surface area contributed by atoms with Crippen LogP contribution in [0.2, 0.25) is 0 Å². The zero-order valence-electron chi connectivity index (χ0n) is 28.7. The van der Waals surface area contributed by atoms with Gasteiger partial charge in [0.1, 0.15) is 28.7 Å². The van der Waals surface area contributed by atoms with E-state index in [9.17, 15) is 24.3 Å². The highest BCUT2D eigenvalue weighted by Crippen LogP contribution is 2.28. The highest BCUT2D eigenvalue weighted by Gasteiger charge is 2.14. The molecule has 0 aromatic heterocycles. The molecule has 53 heavy (non-hydrogen) atoms. The number of benzene rings is 6. The first-order valence-electron chi connectivity index (χ1n) is 16.4. The first kappa shape index (κ1) is 35.4. The monoisotopic (exact) mass is 706 g/mol. The van der Waals surface area contributed by atoms with E-state index in [0.717, 1.165) is 5.69 Å². The molecule has 0 radical (unpaired) electrons. The van der Waals surface area contributed by atoms with Crippen LogP contribution in [-0.4, -0.2) is 35.7 Å². The van der Waals surface area contributed by atoms with Crippen molar-refractivity contribution in [2.75, 3.05) is 28.3 Å². The molecule has 3 amide bonds. The fourth-order valence-electron chi connectivity index (χ4n) is 5.19. The maximum Gasteiger partial charge on any atom is 0.255 e. The quantitative estimate of drug-likeness (QED) is 0.0790. The Bertz CT molecular complexity index is 2300. The first-order valence-corrected chi connectivity index (χ1v) is 16.4. The molecular formula is C42H34N4O7. The molecule has 0 spiro atoms. The molecule has 0 unspecified atom stereocenters. The number of nitrogens with one attached hydrogen (secondary N) is 4. The van der Waals surface area contributed by atoms with E-state index in [2.05, 4.69) is 21.3 Å². The summed E-state index contributed by atoms with van der Waals surface area (Å²) in [5.41, 5.74) is 3.41. The van der Waals surface area contributed by atoms with Crippen LogP contribution in [0.4, 0.5) is 22.7 Å². The number of ether oxygens (including phenoxy) is 2. The zero-order chi connectivity index (χ0) is 37.3. The second-order valence-electron chi connectivity index (χ2n) is 11.8. The molecule has 0 saturated carbocycles. The highest BCUT2D eigenvalue weighted by molar-refractivity contribution is 6.09. The molecular weight excluding hydrogens is 672 g/mol. The largest absolute Gasteiger partial charge is 0.508 e. The van der Waals surface area contributed by atoms with Crippen LogP contribution in [0, 0.1) is 0 Å². The number of hydrogen-bond acceptors (Lipinski definition) is 8. The van der Waals surface area contributed by atoms with Crippen molar-refractivity contribution < 1.29 is 33.8 Å². The first-order chi connectivity index (χ1) is 25.6. The van der Waals surface area contributed by atoms with Crippen LogP contribution in [-0.2, 0) is 0 Å². The molecule has 6 aromatic carbocycles. The Balaban J connectivity index is 1.03. The maximum atomic E-state index is 13.2. The van der Waals surface area contributed by atoms with Gasteiger partial charge in [-0.1, -0.05) is 18.2 Å². The second kappa shape index (κ2) is 16.1. The third kappa shape index (κ3) is 9.44. The van der Waals surface area contributed by atoms with E-state index in [-0.39, 0.29) is 34.1 Å². The molecule has 5 N–H and O–H groups in total. The molecule has 0 fully saturated rings. The molecule has 264 valence electrons. The number of carbonyl (C=O) groups excluding carboxylic acids is 4. The minimum Gasteiger partial charge on any atom is -0.508 e. The van der Waals surface area contributed by atoms with Crippen LogP contribution in [0.3, 0.4) is 0 Å². The van der Waals surface area contributed by atoms with Gasteiger partial charge in [-0.15, -0.1) is 0 Å². The normalized spacial score (nSPS) is 10.5. The molecule has 0 aliphatic heterocycles. The Hall–Kier alpha value is -7.40. The fourth-order valence-corrected chi connectivity index (χ4v) is 5.19. The van der Waals surface area contributed by atoms with Gasteiger partial charge in [0.15, 0.2) is 5.78 Å². The summed E-state index contributed by atoms with van der Waals surface area (Å²) >= 11 is 0. The summed E-state index contributed by atoms with van der Waals surface area (Å²) in [7, 11) is 1.83. The van der Waals surface area contributed by atoms with Crippen LogP contribution < -0.4 is 30.7 Å². The summed E-state index contributed by atoms with van der Waals surface area (Å²) in [6.45, 7) is 1.35. The number of rotatable bonds is 12. The maximum absolute atomic E-state index is 13.2. The number of Topliss-reactive ketones (excluding diaryl/α,β-unsaturated/α-hetero) is 1. The van der Waals surface area contributed by atoms with E-state index in [0.29, 0.717) is 45.6 Å². The topological polar surface area (TPSA) is 155 Å².